The lowest BCUT2D eigenvalue weighted by Gasteiger charge is -2.25. The fraction of sp³-hybridized carbons (Fsp3) is 0.769. The Bertz CT molecular complexity index is 356. The van der Waals surface area contributed by atoms with Gasteiger partial charge in [0.2, 0.25) is 0 Å². The number of carboxylic acid groups (broad SMARTS) is 1. The molecule has 0 saturated heterocycles. The third-order valence-corrected chi connectivity index (χ3v) is 3.83. The van der Waals surface area contributed by atoms with Gasteiger partial charge < -0.3 is 9.94 Å². The summed E-state index contributed by atoms with van der Waals surface area (Å²) < 4.78 is 0. The van der Waals surface area contributed by atoms with Gasteiger partial charge in [-0.05, 0) is 38.5 Å². The SMILES string of the molecule is O=C(O)[C@@H]1CCCC[C@H]1C(=O)ON=C1CCCC1. The molecule has 2 atom stereocenters. The number of carboxylic acids is 1. The summed E-state index contributed by atoms with van der Waals surface area (Å²) in [6.07, 6.45) is 6.89. The number of rotatable bonds is 3. The summed E-state index contributed by atoms with van der Waals surface area (Å²) in [4.78, 5) is 27.9. The molecule has 5 nitrogen and oxygen atoms in total. The molecule has 5 heteroatoms. The Morgan fingerprint density at radius 1 is 1.06 bits per heavy atom. The lowest BCUT2D eigenvalue weighted by molar-refractivity contribution is -0.159. The third-order valence-electron chi connectivity index (χ3n) is 3.83. The first-order chi connectivity index (χ1) is 8.68. The molecule has 0 aromatic heterocycles. The van der Waals surface area contributed by atoms with Gasteiger partial charge in [0.15, 0.2) is 0 Å². The topological polar surface area (TPSA) is 76.0 Å². The van der Waals surface area contributed by atoms with E-state index in [0.717, 1.165) is 44.2 Å². The second-order valence-corrected chi connectivity index (χ2v) is 5.11. The van der Waals surface area contributed by atoms with Crippen LogP contribution in [0.5, 0.6) is 0 Å². The summed E-state index contributed by atoms with van der Waals surface area (Å²) in [7, 11) is 0. The van der Waals surface area contributed by atoms with Gasteiger partial charge >= 0.3 is 11.9 Å². The summed E-state index contributed by atoms with van der Waals surface area (Å²) in [5, 5.41) is 13.0. The van der Waals surface area contributed by atoms with Crippen molar-refractivity contribution in [3.8, 4) is 0 Å². The standard InChI is InChI=1S/C13H19NO4/c15-12(16)10-7-3-4-8-11(10)13(17)18-14-9-5-1-2-6-9/h10-11H,1-8H2,(H,15,16)/t10-,11-/m1/s1. The molecular weight excluding hydrogens is 234 g/mol. The van der Waals surface area contributed by atoms with Gasteiger partial charge in [0.05, 0.1) is 17.5 Å². The molecule has 0 spiro atoms. The van der Waals surface area contributed by atoms with Crippen molar-refractivity contribution in [3.63, 3.8) is 0 Å². The number of oxime groups is 1. The minimum Gasteiger partial charge on any atom is -0.481 e. The van der Waals surface area contributed by atoms with Crippen LogP contribution in [0.3, 0.4) is 0 Å². The smallest absolute Gasteiger partial charge is 0.338 e. The van der Waals surface area contributed by atoms with E-state index in [1.54, 1.807) is 0 Å². The van der Waals surface area contributed by atoms with Gasteiger partial charge in [-0.1, -0.05) is 18.0 Å². The third kappa shape index (κ3) is 3.09. The minimum absolute atomic E-state index is 0.471. The van der Waals surface area contributed by atoms with Crippen LogP contribution in [0.15, 0.2) is 5.16 Å². The quantitative estimate of drug-likeness (QED) is 0.618. The Morgan fingerprint density at radius 2 is 1.67 bits per heavy atom. The lowest BCUT2D eigenvalue weighted by atomic mass is 9.79. The molecule has 0 aromatic carbocycles. The van der Waals surface area contributed by atoms with Gasteiger partial charge in [0.1, 0.15) is 0 Å². The van der Waals surface area contributed by atoms with Crippen LogP contribution in [0.25, 0.3) is 0 Å². The molecular formula is C13H19NO4. The second-order valence-electron chi connectivity index (χ2n) is 5.11. The van der Waals surface area contributed by atoms with Crippen molar-refractivity contribution in [1.82, 2.24) is 0 Å². The molecule has 2 aliphatic rings. The summed E-state index contributed by atoms with van der Waals surface area (Å²) >= 11 is 0. The zero-order valence-corrected chi connectivity index (χ0v) is 10.4. The average molecular weight is 253 g/mol. The van der Waals surface area contributed by atoms with E-state index in [2.05, 4.69) is 5.16 Å². The highest BCUT2D eigenvalue weighted by atomic mass is 16.7. The Kier molecular flexibility index (Phi) is 4.33. The normalized spacial score (nSPS) is 27.9. The summed E-state index contributed by atoms with van der Waals surface area (Å²) in [5.74, 6) is -2.50. The maximum absolute atomic E-state index is 11.9. The number of hydrogen-bond donors (Lipinski definition) is 1. The molecule has 0 amide bonds. The molecule has 0 unspecified atom stereocenters. The minimum atomic E-state index is -0.898. The lowest BCUT2D eigenvalue weighted by Crippen LogP contribution is -2.33. The van der Waals surface area contributed by atoms with Gasteiger partial charge in [-0.2, -0.15) is 0 Å². The average Bonchev–Trinajstić information content (AvgIpc) is 2.89. The van der Waals surface area contributed by atoms with Crippen LogP contribution in [0.2, 0.25) is 0 Å². The van der Waals surface area contributed by atoms with E-state index in [1.807, 2.05) is 0 Å². The first kappa shape index (κ1) is 13.1. The highest BCUT2D eigenvalue weighted by molar-refractivity contribution is 5.87. The van der Waals surface area contributed by atoms with E-state index in [9.17, 15) is 9.59 Å². The predicted molar refractivity (Wildman–Crippen MR) is 65.1 cm³/mol. The molecule has 0 radical (unpaired) electrons. The Morgan fingerprint density at radius 3 is 2.28 bits per heavy atom. The molecule has 2 rings (SSSR count). The monoisotopic (exact) mass is 253 g/mol. The maximum atomic E-state index is 11.9. The molecule has 100 valence electrons. The number of carbonyl (C=O) groups is 2. The van der Waals surface area contributed by atoms with E-state index in [4.69, 9.17) is 9.94 Å². The second kappa shape index (κ2) is 5.98. The maximum Gasteiger partial charge on any atom is 0.338 e. The van der Waals surface area contributed by atoms with Gasteiger partial charge in [0.25, 0.3) is 0 Å². The van der Waals surface area contributed by atoms with Crippen molar-refractivity contribution < 1.29 is 19.5 Å². The van der Waals surface area contributed by atoms with E-state index >= 15 is 0 Å². The Hall–Kier alpha value is -1.39. The van der Waals surface area contributed by atoms with Crippen molar-refractivity contribution in [2.24, 2.45) is 17.0 Å². The van der Waals surface area contributed by atoms with Gasteiger partial charge in [-0.15, -0.1) is 0 Å². The van der Waals surface area contributed by atoms with Crippen LogP contribution in [-0.2, 0) is 14.4 Å². The van der Waals surface area contributed by atoms with Crippen molar-refractivity contribution >= 4 is 17.7 Å². The highest BCUT2D eigenvalue weighted by Crippen LogP contribution is 2.31. The molecule has 18 heavy (non-hydrogen) atoms. The molecule has 1 N–H and O–H groups in total. The Labute approximate surface area is 106 Å². The fourth-order valence-electron chi connectivity index (χ4n) is 2.76. The summed E-state index contributed by atoms with van der Waals surface area (Å²) in [6.45, 7) is 0. The molecule has 0 aliphatic heterocycles. The van der Waals surface area contributed by atoms with Crippen LogP contribution in [-0.4, -0.2) is 22.8 Å². The van der Waals surface area contributed by atoms with Crippen molar-refractivity contribution in [2.75, 3.05) is 0 Å². The first-order valence-corrected chi connectivity index (χ1v) is 6.68. The number of aliphatic carboxylic acids is 1. The number of nitrogens with zero attached hydrogens (tertiary/aromatic N) is 1. The van der Waals surface area contributed by atoms with Gasteiger partial charge in [-0.25, -0.2) is 4.79 Å². The van der Waals surface area contributed by atoms with Crippen LogP contribution < -0.4 is 0 Å². The first-order valence-electron chi connectivity index (χ1n) is 6.68. The van der Waals surface area contributed by atoms with Crippen LogP contribution in [0, 0.1) is 11.8 Å². The van der Waals surface area contributed by atoms with Gasteiger partial charge in [0, 0.05) is 0 Å². The van der Waals surface area contributed by atoms with Gasteiger partial charge in [-0.3, -0.25) is 4.79 Å². The van der Waals surface area contributed by atoms with Crippen LogP contribution in [0.1, 0.15) is 51.4 Å². The molecule has 0 heterocycles. The van der Waals surface area contributed by atoms with Crippen LogP contribution >= 0.6 is 0 Å². The van der Waals surface area contributed by atoms with E-state index in [0.29, 0.717) is 12.8 Å². The zero-order chi connectivity index (χ0) is 13.0. The molecule has 2 aliphatic carbocycles. The van der Waals surface area contributed by atoms with Crippen molar-refractivity contribution in [2.45, 2.75) is 51.4 Å². The van der Waals surface area contributed by atoms with E-state index in [-0.39, 0.29) is 0 Å². The van der Waals surface area contributed by atoms with Crippen LogP contribution in [0.4, 0.5) is 0 Å². The van der Waals surface area contributed by atoms with Crippen molar-refractivity contribution in [3.05, 3.63) is 0 Å². The number of hydrogen-bond acceptors (Lipinski definition) is 4. The fourth-order valence-corrected chi connectivity index (χ4v) is 2.76. The zero-order valence-electron chi connectivity index (χ0n) is 10.4. The van der Waals surface area contributed by atoms with E-state index < -0.39 is 23.8 Å². The van der Waals surface area contributed by atoms with Crippen molar-refractivity contribution in [1.29, 1.82) is 0 Å². The summed E-state index contributed by atoms with van der Waals surface area (Å²) in [5.41, 5.74) is 0.922. The Balaban J connectivity index is 1.93. The number of carbonyl (C=O) groups excluding carboxylic acids is 1. The molecule has 2 fully saturated rings. The summed E-state index contributed by atoms with van der Waals surface area (Å²) in [6, 6.07) is 0. The molecule has 2 saturated carbocycles. The molecule has 0 aromatic rings. The largest absolute Gasteiger partial charge is 0.481 e. The highest BCUT2D eigenvalue weighted by Gasteiger charge is 2.37. The molecule has 0 bridgehead atoms. The van der Waals surface area contributed by atoms with E-state index in [1.165, 1.54) is 0 Å². The predicted octanol–water partition coefficient (Wildman–Crippen LogP) is 2.35.